The summed E-state index contributed by atoms with van der Waals surface area (Å²) in [6.45, 7) is 1.52. The van der Waals surface area contributed by atoms with Gasteiger partial charge in [0.15, 0.2) is 5.69 Å². The molecule has 2 rings (SSSR count). The zero-order valence-corrected chi connectivity index (χ0v) is 14.5. The fraction of sp³-hybridized carbons (Fsp3) is 0.312. The van der Waals surface area contributed by atoms with Crippen molar-refractivity contribution in [1.82, 2.24) is 15.0 Å². The second-order valence-corrected chi connectivity index (χ2v) is 5.49. The van der Waals surface area contributed by atoms with Gasteiger partial charge in [-0.25, -0.2) is 4.98 Å². The highest BCUT2D eigenvalue weighted by Gasteiger charge is 2.37. The van der Waals surface area contributed by atoms with Crippen LogP contribution in [-0.2, 0) is 21.9 Å². The van der Waals surface area contributed by atoms with Gasteiger partial charge in [-0.15, -0.1) is 0 Å². The molecule has 152 valence electrons. The molecule has 1 heterocycles. The number of benzene rings is 1. The molecular weight excluding hydrogens is 394 g/mol. The maximum Gasteiger partial charge on any atom is 0.434 e. The molecule has 0 aliphatic heterocycles. The number of rotatable bonds is 6. The first-order valence-electron chi connectivity index (χ1n) is 7.65. The Balaban J connectivity index is 2.60. The molecule has 1 aromatic carbocycles. The number of hydrazone groups is 1. The third kappa shape index (κ3) is 4.61. The van der Waals surface area contributed by atoms with Crippen LogP contribution >= 0.6 is 0 Å². The number of halogens is 6. The number of nitrogens with zero attached hydrogens (tertiary/aromatic N) is 3. The van der Waals surface area contributed by atoms with Gasteiger partial charge in [0.2, 0.25) is 0 Å². The van der Waals surface area contributed by atoms with Crippen LogP contribution in [0.2, 0.25) is 0 Å². The van der Waals surface area contributed by atoms with Gasteiger partial charge >= 0.3 is 12.4 Å². The van der Waals surface area contributed by atoms with E-state index in [0.29, 0.717) is 23.2 Å². The first kappa shape index (κ1) is 21.3. The van der Waals surface area contributed by atoms with Crippen LogP contribution in [0.4, 0.5) is 26.3 Å². The maximum absolute atomic E-state index is 13.6. The van der Waals surface area contributed by atoms with Gasteiger partial charge in [0.05, 0.1) is 17.6 Å². The fourth-order valence-electron chi connectivity index (χ4n) is 2.41. The van der Waals surface area contributed by atoms with Crippen LogP contribution in [0.3, 0.4) is 0 Å². The summed E-state index contributed by atoms with van der Waals surface area (Å²) >= 11 is 0. The molecule has 2 aromatic rings. The third-order valence-corrected chi connectivity index (χ3v) is 3.63. The SMILES string of the molecule is CN/N=C(/c1ccc(-n2cnc(C(F)(F)F)c2)c(C(F)(F)F)c1)C(C)OC=O. The van der Waals surface area contributed by atoms with E-state index in [2.05, 4.69) is 15.5 Å². The minimum atomic E-state index is -4.88. The minimum absolute atomic E-state index is 0.00624. The van der Waals surface area contributed by atoms with Gasteiger partial charge in [0.25, 0.3) is 6.47 Å². The van der Waals surface area contributed by atoms with Gasteiger partial charge < -0.3 is 14.7 Å². The summed E-state index contributed by atoms with van der Waals surface area (Å²) in [5.41, 5.74) is -0.720. The average Bonchev–Trinajstić information content (AvgIpc) is 3.09. The second-order valence-electron chi connectivity index (χ2n) is 5.49. The summed E-state index contributed by atoms with van der Waals surface area (Å²) in [7, 11) is 1.40. The van der Waals surface area contributed by atoms with Gasteiger partial charge in [-0.1, -0.05) is 6.07 Å². The van der Waals surface area contributed by atoms with Gasteiger partial charge in [-0.3, -0.25) is 4.79 Å². The molecular formula is C16H14F6N4O2. The maximum atomic E-state index is 13.6. The molecule has 28 heavy (non-hydrogen) atoms. The van der Waals surface area contributed by atoms with E-state index in [1.54, 1.807) is 0 Å². The smallest absolute Gasteiger partial charge is 0.434 e. The normalized spacial score (nSPS) is 13.9. The summed E-state index contributed by atoms with van der Waals surface area (Å²) in [6, 6.07) is 2.92. The minimum Gasteiger partial charge on any atom is -0.458 e. The van der Waals surface area contributed by atoms with Crippen molar-refractivity contribution in [2.45, 2.75) is 25.4 Å². The van der Waals surface area contributed by atoms with E-state index in [0.717, 1.165) is 6.07 Å². The number of alkyl halides is 6. The number of nitrogens with one attached hydrogen (secondary N) is 1. The Morgan fingerprint density at radius 1 is 1.25 bits per heavy atom. The standard InChI is InChI=1S/C16H14F6N4O2/c1-9(28-8-27)14(25-23-2)10-3-4-12(11(5-10)15(17,18)19)26-6-13(24-7-26)16(20,21)22/h3-9,23H,1-2H3/b25-14+. The molecule has 0 saturated carbocycles. The van der Waals surface area contributed by atoms with E-state index in [9.17, 15) is 31.1 Å². The van der Waals surface area contributed by atoms with Crippen LogP contribution in [0.1, 0.15) is 23.7 Å². The molecule has 0 aliphatic carbocycles. The highest BCUT2D eigenvalue weighted by Crippen LogP contribution is 2.36. The average molecular weight is 408 g/mol. The number of ether oxygens (including phenoxy) is 1. The van der Waals surface area contributed by atoms with E-state index >= 15 is 0 Å². The molecule has 0 aliphatic rings. The van der Waals surface area contributed by atoms with Crippen LogP contribution in [0.5, 0.6) is 0 Å². The molecule has 12 heteroatoms. The summed E-state index contributed by atoms with van der Waals surface area (Å²) in [5.74, 6) is 0. The Labute approximate surface area is 154 Å². The van der Waals surface area contributed by atoms with Crippen molar-refractivity contribution in [3.8, 4) is 5.69 Å². The third-order valence-electron chi connectivity index (χ3n) is 3.63. The number of aromatic nitrogens is 2. The van der Waals surface area contributed by atoms with Gasteiger partial charge in [0, 0.05) is 18.8 Å². The molecule has 1 unspecified atom stereocenters. The Morgan fingerprint density at radius 3 is 2.43 bits per heavy atom. The summed E-state index contributed by atoms with van der Waals surface area (Å²) in [5, 5.41) is 3.82. The molecule has 0 bridgehead atoms. The summed E-state index contributed by atoms with van der Waals surface area (Å²) < 4.78 is 84.1. The molecule has 1 aromatic heterocycles. The molecule has 0 fully saturated rings. The Bertz CT molecular complexity index is 873. The molecule has 0 saturated heterocycles. The van der Waals surface area contributed by atoms with Crippen molar-refractivity contribution < 1.29 is 35.9 Å². The predicted octanol–water partition coefficient (Wildman–Crippen LogP) is 3.39. The van der Waals surface area contributed by atoms with Gasteiger partial charge in [-0.2, -0.15) is 31.4 Å². The number of imidazole rings is 1. The summed E-state index contributed by atoms with van der Waals surface area (Å²) in [4.78, 5) is 13.6. The van der Waals surface area contributed by atoms with E-state index in [1.165, 1.54) is 20.0 Å². The molecule has 1 N–H and O–H groups in total. The van der Waals surface area contributed by atoms with E-state index in [1.807, 2.05) is 0 Å². The Hall–Kier alpha value is -3.05. The first-order chi connectivity index (χ1) is 13.0. The first-order valence-corrected chi connectivity index (χ1v) is 7.65. The Kier molecular flexibility index (Phi) is 6.00. The monoisotopic (exact) mass is 408 g/mol. The number of hydrogen-bond donors (Lipinski definition) is 1. The van der Waals surface area contributed by atoms with E-state index in [-0.39, 0.29) is 17.7 Å². The highest BCUT2D eigenvalue weighted by atomic mass is 19.4. The lowest BCUT2D eigenvalue weighted by atomic mass is 10.0. The van der Waals surface area contributed by atoms with Crippen molar-refractivity contribution in [3.05, 3.63) is 47.5 Å². The second kappa shape index (κ2) is 7.90. The molecule has 1 atom stereocenters. The molecule has 6 nitrogen and oxygen atoms in total. The number of hydrogen-bond acceptors (Lipinski definition) is 5. The van der Waals surface area contributed by atoms with E-state index in [4.69, 9.17) is 4.74 Å². The topological polar surface area (TPSA) is 68.5 Å². The van der Waals surface area contributed by atoms with Crippen molar-refractivity contribution in [2.24, 2.45) is 5.10 Å². The van der Waals surface area contributed by atoms with Crippen LogP contribution in [0.25, 0.3) is 5.69 Å². The van der Waals surface area contributed by atoms with Crippen LogP contribution < -0.4 is 5.43 Å². The van der Waals surface area contributed by atoms with Crippen molar-refractivity contribution in [1.29, 1.82) is 0 Å². The van der Waals surface area contributed by atoms with Gasteiger partial charge in [0.1, 0.15) is 11.8 Å². The van der Waals surface area contributed by atoms with Crippen LogP contribution in [-0.4, -0.2) is 34.9 Å². The van der Waals surface area contributed by atoms with Crippen LogP contribution in [0, 0.1) is 0 Å². The quantitative estimate of drug-likeness (QED) is 0.344. The Morgan fingerprint density at radius 2 is 1.93 bits per heavy atom. The lowest BCUT2D eigenvalue weighted by molar-refractivity contribution is -0.141. The van der Waals surface area contributed by atoms with Crippen LogP contribution in [0.15, 0.2) is 35.8 Å². The van der Waals surface area contributed by atoms with Crippen molar-refractivity contribution >= 4 is 12.2 Å². The molecule has 0 spiro atoms. The molecule has 0 radical (unpaired) electrons. The number of carbonyl (C=O) groups is 1. The number of carbonyl (C=O) groups excluding carboxylic acids is 1. The lowest BCUT2D eigenvalue weighted by Crippen LogP contribution is -2.24. The van der Waals surface area contributed by atoms with Crippen molar-refractivity contribution in [2.75, 3.05) is 7.05 Å². The zero-order valence-electron chi connectivity index (χ0n) is 14.5. The van der Waals surface area contributed by atoms with Crippen molar-refractivity contribution in [3.63, 3.8) is 0 Å². The van der Waals surface area contributed by atoms with E-state index < -0.39 is 35.4 Å². The highest BCUT2D eigenvalue weighted by molar-refractivity contribution is 6.04. The predicted molar refractivity (Wildman–Crippen MR) is 85.8 cm³/mol. The summed E-state index contributed by atoms with van der Waals surface area (Å²) in [6.07, 6.45) is -9.54. The zero-order chi connectivity index (χ0) is 21.1. The largest absolute Gasteiger partial charge is 0.458 e. The molecule has 0 amide bonds. The lowest BCUT2D eigenvalue weighted by Gasteiger charge is -2.18. The van der Waals surface area contributed by atoms with Gasteiger partial charge in [-0.05, 0) is 19.1 Å². The fourth-order valence-corrected chi connectivity index (χ4v) is 2.41.